The number of aromatic amines is 2. The van der Waals surface area contributed by atoms with Crippen LogP contribution in [-0.2, 0) is 29.9 Å². The number of aromatic nitrogens is 4. The number of benzene rings is 1. The average Bonchev–Trinajstić information content (AvgIpc) is 3.43. The van der Waals surface area contributed by atoms with E-state index in [1.54, 1.807) is 23.1 Å². The largest absolute Gasteiger partial charge is 0.349 e. The van der Waals surface area contributed by atoms with Gasteiger partial charge in [-0.2, -0.15) is 11.8 Å². The van der Waals surface area contributed by atoms with Gasteiger partial charge < -0.3 is 15.3 Å². The summed E-state index contributed by atoms with van der Waals surface area (Å²) in [7, 11) is 0. The van der Waals surface area contributed by atoms with Gasteiger partial charge in [-0.3, -0.25) is 9.59 Å². The number of aryl methyl sites for hydroxylation is 2. The van der Waals surface area contributed by atoms with E-state index >= 15 is 0 Å². The van der Waals surface area contributed by atoms with Crippen LogP contribution in [0.2, 0.25) is 0 Å². The first kappa shape index (κ1) is 19.3. The summed E-state index contributed by atoms with van der Waals surface area (Å²) >= 11 is 3.25. The summed E-state index contributed by atoms with van der Waals surface area (Å²) in [4.78, 5) is 42.0. The molecule has 1 amide bonds. The number of hydrogen-bond acceptors (Lipinski definition) is 6. The molecule has 0 spiro atoms. The summed E-state index contributed by atoms with van der Waals surface area (Å²) in [6.45, 7) is 0.382. The molecule has 154 valence electrons. The number of rotatable bonds is 7. The standard InChI is InChI=1S/C21H21N5O2S2/c27-18(22-10-16-23-13-5-1-2-6-14(13)24-16)8-9-29-11-17-25-20(28)19-12-4-3-7-15(12)30-21(19)26-17/h1-2,5-6H,3-4,7-11H2,(H,22,27)(H,23,24)(H,25,26,28). The summed E-state index contributed by atoms with van der Waals surface area (Å²) < 4.78 is 0. The Morgan fingerprint density at radius 1 is 1.17 bits per heavy atom. The predicted molar refractivity (Wildman–Crippen MR) is 121 cm³/mol. The van der Waals surface area contributed by atoms with Crippen LogP contribution in [0.3, 0.4) is 0 Å². The minimum absolute atomic E-state index is 0.0189. The van der Waals surface area contributed by atoms with E-state index in [1.165, 1.54) is 10.4 Å². The Morgan fingerprint density at radius 2 is 2.07 bits per heavy atom. The van der Waals surface area contributed by atoms with Crippen molar-refractivity contribution in [2.24, 2.45) is 0 Å². The van der Waals surface area contributed by atoms with E-state index < -0.39 is 0 Å². The van der Waals surface area contributed by atoms with Crippen molar-refractivity contribution in [3.05, 3.63) is 56.7 Å². The highest BCUT2D eigenvalue weighted by Gasteiger charge is 2.21. The first-order chi connectivity index (χ1) is 14.7. The Labute approximate surface area is 180 Å². The third-order valence-corrected chi connectivity index (χ3v) is 7.38. The molecule has 30 heavy (non-hydrogen) atoms. The summed E-state index contributed by atoms with van der Waals surface area (Å²) in [5.74, 6) is 2.66. The van der Waals surface area contributed by atoms with Gasteiger partial charge in [0.25, 0.3) is 5.56 Å². The van der Waals surface area contributed by atoms with Crippen LogP contribution in [0.1, 0.15) is 34.9 Å². The molecule has 3 N–H and O–H groups in total. The number of thioether (sulfide) groups is 1. The van der Waals surface area contributed by atoms with Gasteiger partial charge in [0.2, 0.25) is 5.91 Å². The molecule has 0 atom stereocenters. The Bertz CT molecular complexity index is 1260. The van der Waals surface area contributed by atoms with Crippen molar-refractivity contribution in [2.45, 2.75) is 38.0 Å². The monoisotopic (exact) mass is 439 g/mol. The SMILES string of the molecule is O=C(CCSCc1nc2sc3c(c2c(=O)[nH]1)CCC3)NCc1nc2ccccc2[nH]1. The van der Waals surface area contributed by atoms with Gasteiger partial charge >= 0.3 is 0 Å². The van der Waals surface area contributed by atoms with Crippen LogP contribution < -0.4 is 10.9 Å². The zero-order valence-electron chi connectivity index (χ0n) is 16.3. The molecule has 9 heteroatoms. The van der Waals surface area contributed by atoms with Crippen LogP contribution >= 0.6 is 23.1 Å². The summed E-state index contributed by atoms with van der Waals surface area (Å²) in [6, 6.07) is 7.79. The van der Waals surface area contributed by atoms with Gasteiger partial charge in [0, 0.05) is 17.1 Å². The number of H-pyrrole nitrogens is 2. The van der Waals surface area contributed by atoms with Gasteiger partial charge in [0.15, 0.2) is 0 Å². The van der Waals surface area contributed by atoms with Crippen LogP contribution in [0.25, 0.3) is 21.3 Å². The normalized spacial score (nSPS) is 13.2. The number of carbonyl (C=O) groups excluding carboxylic acids is 1. The number of nitrogens with zero attached hydrogens (tertiary/aromatic N) is 2. The average molecular weight is 440 g/mol. The molecule has 0 bridgehead atoms. The van der Waals surface area contributed by atoms with Crippen molar-refractivity contribution < 1.29 is 4.79 Å². The Hall–Kier alpha value is -2.65. The fraction of sp³-hybridized carbons (Fsp3) is 0.333. The Kier molecular flexibility index (Phi) is 5.30. The molecule has 0 radical (unpaired) electrons. The molecular formula is C21H21N5O2S2. The number of nitrogens with one attached hydrogen (secondary N) is 3. The second-order valence-corrected chi connectivity index (χ2v) is 9.52. The number of para-hydroxylation sites is 2. The molecule has 0 saturated heterocycles. The fourth-order valence-electron chi connectivity index (χ4n) is 3.81. The number of fused-ring (bicyclic) bond motifs is 4. The van der Waals surface area contributed by atoms with Crippen molar-refractivity contribution in [2.75, 3.05) is 5.75 Å². The number of thiophene rings is 1. The lowest BCUT2D eigenvalue weighted by Crippen LogP contribution is -2.23. The second-order valence-electron chi connectivity index (χ2n) is 7.33. The van der Waals surface area contributed by atoms with Gasteiger partial charge in [0.05, 0.1) is 28.7 Å². The molecular weight excluding hydrogens is 418 g/mol. The van der Waals surface area contributed by atoms with Crippen molar-refractivity contribution in [3.8, 4) is 0 Å². The summed E-state index contributed by atoms with van der Waals surface area (Å²) in [5.41, 5.74) is 3.03. The molecule has 3 aromatic heterocycles. The van der Waals surface area contributed by atoms with Gasteiger partial charge in [-0.15, -0.1) is 11.3 Å². The number of amides is 1. The quantitative estimate of drug-likeness (QED) is 0.384. The first-order valence-electron chi connectivity index (χ1n) is 9.99. The van der Waals surface area contributed by atoms with Crippen LogP contribution in [-0.4, -0.2) is 31.6 Å². The lowest BCUT2D eigenvalue weighted by molar-refractivity contribution is -0.120. The summed E-state index contributed by atoms with van der Waals surface area (Å²) in [6.07, 6.45) is 3.58. The van der Waals surface area contributed by atoms with Crippen LogP contribution in [0, 0.1) is 0 Å². The molecule has 0 unspecified atom stereocenters. The van der Waals surface area contributed by atoms with Gasteiger partial charge in [-0.05, 0) is 37.0 Å². The molecule has 1 aliphatic rings. The van der Waals surface area contributed by atoms with Crippen LogP contribution in [0.15, 0.2) is 29.1 Å². The maximum atomic E-state index is 12.5. The van der Waals surface area contributed by atoms with E-state index in [0.29, 0.717) is 30.3 Å². The number of carbonyl (C=O) groups is 1. The maximum absolute atomic E-state index is 12.5. The lowest BCUT2D eigenvalue weighted by atomic mass is 10.2. The molecule has 0 aliphatic heterocycles. The zero-order valence-corrected chi connectivity index (χ0v) is 17.9. The molecule has 1 aliphatic carbocycles. The van der Waals surface area contributed by atoms with Crippen molar-refractivity contribution >= 4 is 50.3 Å². The first-order valence-corrected chi connectivity index (χ1v) is 12.0. The maximum Gasteiger partial charge on any atom is 0.259 e. The van der Waals surface area contributed by atoms with E-state index in [1.807, 2.05) is 24.3 Å². The smallest absolute Gasteiger partial charge is 0.259 e. The zero-order chi connectivity index (χ0) is 20.5. The van der Waals surface area contributed by atoms with Crippen LogP contribution in [0.4, 0.5) is 0 Å². The van der Waals surface area contributed by atoms with Crippen molar-refractivity contribution in [3.63, 3.8) is 0 Å². The molecule has 0 fully saturated rings. The van der Waals surface area contributed by atoms with E-state index in [9.17, 15) is 9.59 Å². The van der Waals surface area contributed by atoms with E-state index in [2.05, 4.69) is 25.3 Å². The van der Waals surface area contributed by atoms with Crippen molar-refractivity contribution in [1.29, 1.82) is 0 Å². The minimum atomic E-state index is -0.0291. The lowest BCUT2D eigenvalue weighted by Gasteiger charge is -2.04. The van der Waals surface area contributed by atoms with Crippen molar-refractivity contribution in [1.82, 2.24) is 25.3 Å². The van der Waals surface area contributed by atoms with Gasteiger partial charge in [-0.25, -0.2) is 9.97 Å². The van der Waals surface area contributed by atoms with E-state index in [0.717, 1.165) is 46.3 Å². The molecule has 3 heterocycles. The number of imidazole rings is 1. The Morgan fingerprint density at radius 3 is 2.97 bits per heavy atom. The highest BCUT2D eigenvalue weighted by molar-refractivity contribution is 7.98. The summed E-state index contributed by atoms with van der Waals surface area (Å²) in [5, 5.41) is 3.68. The highest BCUT2D eigenvalue weighted by Crippen LogP contribution is 2.34. The van der Waals surface area contributed by atoms with Crippen LogP contribution in [0.5, 0.6) is 0 Å². The van der Waals surface area contributed by atoms with E-state index in [4.69, 9.17) is 0 Å². The molecule has 5 rings (SSSR count). The Balaban J connectivity index is 1.11. The molecule has 7 nitrogen and oxygen atoms in total. The third kappa shape index (κ3) is 3.87. The predicted octanol–water partition coefficient (Wildman–Crippen LogP) is 3.29. The second kappa shape index (κ2) is 8.23. The topological polar surface area (TPSA) is 104 Å². The molecule has 1 aromatic carbocycles. The third-order valence-electron chi connectivity index (χ3n) is 5.23. The highest BCUT2D eigenvalue weighted by atomic mass is 32.2. The van der Waals surface area contributed by atoms with E-state index in [-0.39, 0.29) is 11.5 Å². The molecule has 4 aromatic rings. The minimum Gasteiger partial charge on any atom is -0.349 e. The number of hydrogen-bond donors (Lipinski definition) is 3. The van der Waals surface area contributed by atoms with Gasteiger partial charge in [0.1, 0.15) is 16.5 Å². The van der Waals surface area contributed by atoms with Gasteiger partial charge in [-0.1, -0.05) is 12.1 Å². The molecule has 0 saturated carbocycles. The fourth-order valence-corrected chi connectivity index (χ4v) is 5.89.